The van der Waals surface area contributed by atoms with Crippen LogP contribution in [0.4, 0.5) is 9.18 Å². The molecule has 0 bridgehead atoms. The number of pyridine rings is 2. The normalized spacial score (nSPS) is 11.4. The van der Waals surface area contributed by atoms with Gasteiger partial charge in [-0.25, -0.2) is 14.8 Å². The molecule has 0 fully saturated rings. The molecule has 5 nitrogen and oxygen atoms in total. The molecule has 0 saturated carbocycles. The first-order valence-electron chi connectivity index (χ1n) is 9.09. The van der Waals surface area contributed by atoms with E-state index in [1.807, 2.05) is 32.9 Å². The molecule has 3 aromatic rings. The number of amides is 1. The van der Waals surface area contributed by atoms with Gasteiger partial charge in [-0.3, -0.25) is 0 Å². The highest BCUT2D eigenvalue weighted by Crippen LogP contribution is 2.43. The molecule has 30 heavy (non-hydrogen) atoms. The molecule has 0 aliphatic carbocycles. The van der Waals surface area contributed by atoms with Crippen LogP contribution in [-0.4, -0.2) is 33.6 Å². The Morgan fingerprint density at radius 1 is 1.27 bits per heavy atom. The van der Waals surface area contributed by atoms with Crippen molar-refractivity contribution in [3.8, 4) is 11.1 Å². The van der Waals surface area contributed by atoms with Crippen LogP contribution in [0.2, 0.25) is 5.15 Å². The minimum absolute atomic E-state index is 0.341. The van der Waals surface area contributed by atoms with E-state index in [1.165, 1.54) is 34.2 Å². The number of carbonyl (C=O) groups is 1. The van der Waals surface area contributed by atoms with Crippen LogP contribution >= 0.6 is 34.7 Å². The van der Waals surface area contributed by atoms with Crippen molar-refractivity contribution < 1.29 is 13.9 Å². The molecule has 0 atom stereocenters. The molecule has 0 aliphatic heterocycles. The van der Waals surface area contributed by atoms with Crippen molar-refractivity contribution in [2.45, 2.75) is 42.0 Å². The van der Waals surface area contributed by atoms with E-state index in [0.717, 1.165) is 19.5 Å². The molecular weight excluding hydrogens is 445 g/mol. The van der Waals surface area contributed by atoms with Crippen LogP contribution < -0.4 is 0 Å². The van der Waals surface area contributed by atoms with E-state index in [0.29, 0.717) is 17.3 Å². The van der Waals surface area contributed by atoms with Crippen LogP contribution in [0.3, 0.4) is 0 Å². The summed E-state index contributed by atoms with van der Waals surface area (Å²) >= 11 is 8.82. The van der Waals surface area contributed by atoms with Crippen molar-refractivity contribution >= 4 is 40.8 Å². The lowest BCUT2D eigenvalue weighted by molar-refractivity contribution is 0.0287. The number of aromatic nitrogens is 2. The van der Waals surface area contributed by atoms with Crippen molar-refractivity contribution in [2.24, 2.45) is 0 Å². The van der Waals surface area contributed by atoms with E-state index in [1.54, 1.807) is 31.4 Å². The van der Waals surface area contributed by atoms with Gasteiger partial charge in [-0.15, -0.1) is 11.3 Å². The largest absolute Gasteiger partial charge is 0.444 e. The lowest BCUT2D eigenvalue weighted by atomic mass is 10.1. The Labute approximate surface area is 188 Å². The Bertz CT molecular complexity index is 1040. The molecule has 0 saturated heterocycles. The average molecular weight is 466 g/mol. The second kappa shape index (κ2) is 9.32. The standard InChI is InChI=1S/C21H21ClFN3O2S2/c1-21(2,3)28-20(27)26(4)12-14-10-16(15-6-5-9-24-18(15)23)19(30-14)29-13-7-8-17(22)25-11-13/h5-11H,12H2,1-4H3. The van der Waals surface area contributed by atoms with Crippen LogP contribution in [0.1, 0.15) is 25.6 Å². The summed E-state index contributed by atoms with van der Waals surface area (Å²) in [7, 11) is 1.67. The zero-order valence-electron chi connectivity index (χ0n) is 17.0. The summed E-state index contributed by atoms with van der Waals surface area (Å²) in [4.78, 5) is 23.5. The van der Waals surface area contributed by atoms with Crippen molar-refractivity contribution in [1.82, 2.24) is 14.9 Å². The zero-order chi connectivity index (χ0) is 21.9. The van der Waals surface area contributed by atoms with E-state index in [-0.39, 0.29) is 0 Å². The van der Waals surface area contributed by atoms with Gasteiger partial charge in [0.15, 0.2) is 0 Å². The van der Waals surface area contributed by atoms with Gasteiger partial charge in [-0.2, -0.15) is 4.39 Å². The Morgan fingerprint density at radius 3 is 2.67 bits per heavy atom. The average Bonchev–Trinajstić information content (AvgIpc) is 3.04. The van der Waals surface area contributed by atoms with E-state index >= 15 is 0 Å². The molecule has 0 N–H and O–H groups in total. The van der Waals surface area contributed by atoms with Gasteiger partial charge >= 0.3 is 6.09 Å². The van der Waals surface area contributed by atoms with Crippen LogP contribution in [0.25, 0.3) is 11.1 Å². The second-order valence-corrected chi connectivity index (χ2v) is 10.4. The summed E-state index contributed by atoms with van der Waals surface area (Å²) in [5.41, 5.74) is 0.551. The SMILES string of the molecule is CN(Cc1cc(-c2cccnc2F)c(Sc2ccc(Cl)nc2)s1)C(=O)OC(C)(C)C. The minimum atomic E-state index is -0.576. The lowest BCUT2D eigenvalue weighted by Crippen LogP contribution is -2.33. The Hall–Kier alpha value is -2.16. The summed E-state index contributed by atoms with van der Waals surface area (Å²) in [5, 5.41) is 0.406. The lowest BCUT2D eigenvalue weighted by Gasteiger charge is -2.24. The maximum absolute atomic E-state index is 14.4. The van der Waals surface area contributed by atoms with Crippen molar-refractivity contribution in [3.63, 3.8) is 0 Å². The predicted octanol–water partition coefficient (Wildman–Crippen LogP) is 6.52. The van der Waals surface area contributed by atoms with Gasteiger partial charge in [0, 0.05) is 40.3 Å². The van der Waals surface area contributed by atoms with Gasteiger partial charge in [0.25, 0.3) is 0 Å². The van der Waals surface area contributed by atoms with Gasteiger partial charge in [-0.1, -0.05) is 23.4 Å². The summed E-state index contributed by atoms with van der Waals surface area (Å²) in [6.07, 6.45) is 2.67. The molecule has 1 amide bonds. The van der Waals surface area contributed by atoms with Crippen LogP contribution in [-0.2, 0) is 11.3 Å². The smallest absolute Gasteiger partial charge is 0.410 e. The minimum Gasteiger partial charge on any atom is -0.444 e. The highest BCUT2D eigenvalue weighted by molar-refractivity contribution is 8.01. The fourth-order valence-electron chi connectivity index (χ4n) is 2.52. The molecule has 9 heteroatoms. The molecular formula is C21H21ClFN3O2S2. The number of ether oxygens (including phenoxy) is 1. The zero-order valence-corrected chi connectivity index (χ0v) is 19.4. The number of hydrogen-bond donors (Lipinski definition) is 0. The molecule has 0 aliphatic rings. The van der Waals surface area contributed by atoms with Gasteiger partial charge in [0.1, 0.15) is 10.8 Å². The topological polar surface area (TPSA) is 55.3 Å². The maximum atomic E-state index is 14.4. The summed E-state index contributed by atoms with van der Waals surface area (Å²) in [5.74, 6) is -0.543. The van der Waals surface area contributed by atoms with Crippen LogP contribution in [0, 0.1) is 5.95 Å². The van der Waals surface area contributed by atoms with Crippen molar-refractivity contribution in [1.29, 1.82) is 0 Å². The highest BCUT2D eigenvalue weighted by atomic mass is 35.5. The molecule has 0 unspecified atom stereocenters. The number of hydrogen-bond acceptors (Lipinski definition) is 6. The Balaban J connectivity index is 1.91. The third-order valence-electron chi connectivity index (χ3n) is 3.81. The summed E-state index contributed by atoms with van der Waals surface area (Å²) in [6.45, 7) is 5.81. The number of carbonyl (C=O) groups excluding carboxylic acids is 1. The van der Waals surface area contributed by atoms with Gasteiger partial charge < -0.3 is 9.64 Å². The van der Waals surface area contributed by atoms with E-state index < -0.39 is 17.6 Å². The molecule has 3 aromatic heterocycles. The molecule has 0 radical (unpaired) electrons. The van der Waals surface area contributed by atoms with E-state index in [2.05, 4.69) is 9.97 Å². The second-order valence-electron chi connectivity index (χ2n) is 7.51. The summed E-state index contributed by atoms with van der Waals surface area (Å²) < 4.78 is 20.7. The monoisotopic (exact) mass is 465 g/mol. The predicted molar refractivity (Wildman–Crippen MR) is 119 cm³/mol. The first-order valence-corrected chi connectivity index (χ1v) is 11.1. The number of halogens is 2. The van der Waals surface area contributed by atoms with E-state index in [9.17, 15) is 9.18 Å². The quantitative estimate of drug-likeness (QED) is 0.401. The third-order valence-corrected chi connectivity index (χ3v) is 6.33. The number of nitrogens with zero attached hydrogens (tertiary/aromatic N) is 3. The third kappa shape index (κ3) is 5.93. The van der Waals surface area contributed by atoms with Crippen LogP contribution in [0.15, 0.2) is 51.8 Å². The number of thiophene rings is 1. The van der Waals surface area contributed by atoms with Crippen molar-refractivity contribution in [3.05, 3.63) is 58.7 Å². The van der Waals surface area contributed by atoms with Gasteiger partial charge in [0.2, 0.25) is 5.95 Å². The Kier molecular flexibility index (Phi) is 7.00. The van der Waals surface area contributed by atoms with Gasteiger partial charge in [-0.05, 0) is 51.1 Å². The molecule has 0 spiro atoms. The van der Waals surface area contributed by atoms with Crippen molar-refractivity contribution in [2.75, 3.05) is 7.05 Å². The molecule has 158 valence electrons. The maximum Gasteiger partial charge on any atom is 0.410 e. The molecule has 3 rings (SSSR count). The number of rotatable bonds is 5. The first kappa shape index (κ1) is 22.5. The van der Waals surface area contributed by atoms with E-state index in [4.69, 9.17) is 16.3 Å². The first-order chi connectivity index (χ1) is 14.1. The summed E-state index contributed by atoms with van der Waals surface area (Å²) in [6, 6.07) is 8.84. The fourth-order valence-corrected chi connectivity index (χ4v) is 5.09. The van der Waals surface area contributed by atoms with Crippen LogP contribution in [0.5, 0.6) is 0 Å². The Morgan fingerprint density at radius 2 is 2.03 bits per heavy atom. The highest BCUT2D eigenvalue weighted by Gasteiger charge is 2.22. The van der Waals surface area contributed by atoms with Gasteiger partial charge in [0.05, 0.1) is 10.8 Å². The fraction of sp³-hybridized carbons (Fsp3) is 0.286. The molecule has 0 aromatic carbocycles. The molecule has 3 heterocycles.